The van der Waals surface area contributed by atoms with Gasteiger partial charge in [0, 0.05) is 18.0 Å². The highest BCUT2D eigenvalue weighted by atomic mass is 16.5. The lowest BCUT2D eigenvalue weighted by molar-refractivity contribution is -0.118. The van der Waals surface area contributed by atoms with Gasteiger partial charge in [-0.25, -0.2) is 4.98 Å². The monoisotopic (exact) mass is 287 g/mol. The molecule has 0 aliphatic carbocycles. The van der Waals surface area contributed by atoms with Crippen LogP contribution in [0.1, 0.15) is 6.92 Å². The third kappa shape index (κ3) is 4.07. The molecule has 1 amide bonds. The van der Waals surface area contributed by atoms with Crippen molar-refractivity contribution in [3.63, 3.8) is 0 Å². The van der Waals surface area contributed by atoms with E-state index in [1.807, 2.05) is 24.3 Å². The van der Waals surface area contributed by atoms with E-state index in [2.05, 4.69) is 20.6 Å². The van der Waals surface area contributed by atoms with Crippen LogP contribution in [0.25, 0.3) is 0 Å². The van der Waals surface area contributed by atoms with Gasteiger partial charge in [0.2, 0.25) is 11.9 Å². The average Bonchev–Trinajstić information content (AvgIpc) is 2.47. The Morgan fingerprint density at radius 1 is 1.38 bits per heavy atom. The summed E-state index contributed by atoms with van der Waals surface area (Å²) in [5.41, 5.74) is 6.03. The van der Waals surface area contributed by atoms with Gasteiger partial charge in [0.05, 0.1) is 7.11 Å². The average molecular weight is 287 g/mol. The normalized spacial score (nSPS) is 11.5. The van der Waals surface area contributed by atoms with Gasteiger partial charge < -0.3 is 21.1 Å². The first-order chi connectivity index (χ1) is 10.1. The topological polar surface area (TPSA) is 102 Å². The molecular formula is C14H17N5O2. The van der Waals surface area contributed by atoms with E-state index in [0.717, 1.165) is 11.4 Å². The van der Waals surface area contributed by atoms with Crippen LogP contribution in [0.5, 0.6) is 5.75 Å². The van der Waals surface area contributed by atoms with Gasteiger partial charge in [-0.3, -0.25) is 4.79 Å². The Labute approximate surface area is 122 Å². The zero-order chi connectivity index (χ0) is 15.2. The Hall–Kier alpha value is -2.83. The number of anilines is 3. The molecule has 21 heavy (non-hydrogen) atoms. The molecule has 0 spiro atoms. The van der Waals surface area contributed by atoms with E-state index < -0.39 is 11.9 Å². The highest BCUT2D eigenvalue weighted by Gasteiger charge is 2.09. The molecule has 1 atom stereocenters. The number of benzene rings is 1. The first-order valence-corrected chi connectivity index (χ1v) is 6.38. The molecule has 1 aromatic carbocycles. The predicted molar refractivity (Wildman–Crippen MR) is 80.6 cm³/mol. The minimum Gasteiger partial charge on any atom is -0.497 e. The maximum absolute atomic E-state index is 11.0. The summed E-state index contributed by atoms with van der Waals surface area (Å²) in [6.45, 7) is 1.65. The van der Waals surface area contributed by atoms with Crippen molar-refractivity contribution in [1.82, 2.24) is 9.97 Å². The number of amides is 1. The van der Waals surface area contributed by atoms with Crippen LogP contribution in [0.15, 0.2) is 36.5 Å². The predicted octanol–water partition coefficient (Wildman–Crippen LogP) is 1.51. The van der Waals surface area contributed by atoms with Gasteiger partial charge in [-0.2, -0.15) is 4.98 Å². The molecule has 7 nitrogen and oxygen atoms in total. The molecule has 2 aromatic rings. The van der Waals surface area contributed by atoms with Crippen molar-refractivity contribution in [2.24, 2.45) is 5.73 Å². The molecule has 0 radical (unpaired) electrons. The summed E-state index contributed by atoms with van der Waals surface area (Å²) in [7, 11) is 1.61. The van der Waals surface area contributed by atoms with Crippen LogP contribution < -0.4 is 21.1 Å². The van der Waals surface area contributed by atoms with Gasteiger partial charge in [-0.05, 0) is 25.1 Å². The van der Waals surface area contributed by atoms with Crippen LogP contribution in [-0.2, 0) is 4.79 Å². The van der Waals surface area contributed by atoms with E-state index in [1.165, 1.54) is 0 Å². The lowest BCUT2D eigenvalue weighted by atomic mass is 10.3. The number of ether oxygens (including phenoxy) is 1. The van der Waals surface area contributed by atoms with Gasteiger partial charge >= 0.3 is 0 Å². The van der Waals surface area contributed by atoms with Crippen molar-refractivity contribution in [2.45, 2.75) is 13.0 Å². The molecule has 0 bridgehead atoms. The Morgan fingerprint density at radius 2 is 2.19 bits per heavy atom. The summed E-state index contributed by atoms with van der Waals surface area (Å²) in [5.74, 6) is 1.20. The quantitative estimate of drug-likeness (QED) is 0.744. The van der Waals surface area contributed by atoms with Crippen LogP contribution in [0, 0.1) is 0 Å². The summed E-state index contributed by atoms with van der Waals surface area (Å²) >= 11 is 0. The van der Waals surface area contributed by atoms with Gasteiger partial charge in [-0.1, -0.05) is 6.07 Å². The minimum atomic E-state index is -0.544. The van der Waals surface area contributed by atoms with Crippen molar-refractivity contribution in [1.29, 1.82) is 0 Å². The van der Waals surface area contributed by atoms with E-state index >= 15 is 0 Å². The summed E-state index contributed by atoms with van der Waals surface area (Å²) in [5, 5.41) is 5.96. The van der Waals surface area contributed by atoms with Gasteiger partial charge in [0.1, 0.15) is 17.6 Å². The Bertz CT molecular complexity index is 632. The van der Waals surface area contributed by atoms with E-state index in [4.69, 9.17) is 10.5 Å². The first kappa shape index (κ1) is 14.6. The second-order valence-corrected chi connectivity index (χ2v) is 4.39. The zero-order valence-electron chi connectivity index (χ0n) is 11.8. The third-order valence-corrected chi connectivity index (χ3v) is 2.77. The summed E-state index contributed by atoms with van der Waals surface area (Å²) in [6.07, 6.45) is 1.59. The molecule has 0 fully saturated rings. The number of rotatable bonds is 6. The second kappa shape index (κ2) is 6.56. The number of nitrogens with two attached hydrogens (primary N) is 1. The second-order valence-electron chi connectivity index (χ2n) is 4.39. The molecule has 0 aliphatic rings. The molecule has 7 heteroatoms. The molecule has 0 unspecified atom stereocenters. The Morgan fingerprint density at radius 3 is 2.90 bits per heavy atom. The lowest BCUT2D eigenvalue weighted by Gasteiger charge is -2.11. The van der Waals surface area contributed by atoms with E-state index in [0.29, 0.717) is 11.8 Å². The molecule has 1 heterocycles. The van der Waals surface area contributed by atoms with E-state index in [-0.39, 0.29) is 0 Å². The highest BCUT2D eigenvalue weighted by Crippen LogP contribution is 2.20. The minimum absolute atomic E-state index is 0.328. The summed E-state index contributed by atoms with van der Waals surface area (Å²) < 4.78 is 5.16. The van der Waals surface area contributed by atoms with E-state index in [9.17, 15) is 4.79 Å². The molecule has 0 saturated carbocycles. The molecule has 0 aliphatic heterocycles. The Balaban J connectivity index is 2.11. The standard InChI is InChI=1S/C14H17N5O2/c1-9(13(15)20)17-14-16-7-6-12(19-14)18-10-4-3-5-11(8-10)21-2/h3-9H,1-2H3,(H2,15,20)(H2,16,17,18,19)/t9-/m1/s1. The zero-order valence-corrected chi connectivity index (χ0v) is 11.8. The number of hydrogen-bond acceptors (Lipinski definition) is 6. The SMILES string of the molecule is COc1cccc(Nc2ccnc(N[C@H](C)C(N)=O)n2)c1. The van der Waals surface area contributed by atoms with Gasteiger partial charge in [0.15, 0.2) is 0 Å². The summed E-state index contributed by atoms with van der Waals surface area (Å²) in [6, 6.07) is 8.64. The largest absolute Gasteiger partial charge is 0.497 e. The van der Waals surface area contributed by atoms with Gasteiger partial charge in [-0.15, -0.1) is 0 Å². The Kier molecular flexibility index (Phi) is 4.55. The van der Waals surface area contributed by atoms with Crippen molar-refractivity contribution >= 4 is 23.4 Å². The number of methoxy groups -OCH3 is 1. The van der Waals surface area contributed by atoms with Crippen LogP contribution in [0.4, 0.5) is 17.5 Å². The van der Waals surface area contributed by atoms with Crippen molar-refractivity contribution in [3.05, 3.63) is 36.5 Å². The molecule has 110 valence electrons. The molecule has 0 saturated heterocycles. The fourth-order valence-electron chi connectivity index (χ4n) is 1.61. The molecule has 2 rings (SSSR count). The molecular weight excluding hydrogens is 270 g/mol. The lowest BCUT2D eigenvalue weighted by Crippen LogP contribution is -2.33. The number of primary amides is 1. The maximum Gasteiger partial charge on any atom is 0.239 e. The number of nitrogens with one attached hydrogen (secondary N) is 2. The maximum atomic E-state index is 11.0. The van der Waals surface area contributed by atoms with Crippen LogP contribution in [0.3, 0.4) is 0 Å². The fraction of sp³-hybridized carbons (Fsp3) is 0.214. The van der Waals surface area contributed by atoms with Crippen LogP contribution in [0.2, 0.25) is 0 Å². The first-order valence-electron chi connectivity index (χ1n) is 6.38. The van der Waals surface area contributed by atoms with Gasteiger partial charge in [0.25, 0.3) is 0 Å². The number of carbonyl (C=O) groups is 1. The number of nitrogens with zero attached hydrogens (tertiary/aromatic N) is 2. The van der Waals surface area contributed by atoms with Crippen molar-refractivity contribution < 1.29 is 9.53 Å². The van der Waals surface area contributed by atoms with Crippen molar-refractivity contribution in [2.75, 3.05) is 17.7 Å². The molecule has 4 N–H and O–H groups in total. The van der Waals surface area contributed by atoms with Crippen molar-refractivity contribution in [3.8, 4) is 5.75 Å². The number of aromatic nitrogens is 2. The molecule has 1 aromatic heterocycles. The third-order valence-electron chi connectivity index (χ3n) is 2.77. The number of carbonyl (C=O) groups excluding carboxylic acids is 1. The van der Waals surface area contributed by atoms with Crippen LogP contribution >= 0.6 is 0 Å². The fourth-order valence-corrected chi connectivity index (χ4v) is 1.61. The van der Waals surface area contributed by atoms with Crippen LogP contribution in [-0.4, -0.2) is 29.0 Å². The smallest absolute Gasteiger partial charge is 0.239 e. The van der Waals surface area contributed by atoms with E-state index in [1.54, 1.807) is 26.3 Å². The summed E-state index contributed by atoms with van der Waals surface area (Å²) in [4.78, 5) is 19.3. The highest BCUT2D eigenvalue weighted by molar-refractivity contribution is 5.81. The number of hydrogen-bond donors (Lipinski definition) is 3.